The molecule has 1 aliphatic rings. The van der Waals surface area contributed by atoms with Crippen molar-refractivity contribution in [3.63, 3.8) is 0 Å². The fourth-order valence-electron chi connectivity index (χ4n) is 2.10. The monoisotopic (exact) mass is 203 g/mol. The molecule has 0 aliphatic carbocycles. The number of nitrogens with one attached hydrogen (secondary N) is 1. The zero-order valence-electron chi connectivity index (χ0n) is 8.95. The summed E-state index contributed by atoms with van der Waals surface area (Å²) in [5, 5.41) is 3.49. The maximum atomic E-state index is 5.24. The lowest BCUT2D eigenvalue weighted by atomic mass is 10.1. The number of hydrogen-bond donors (Lipinski definition) is 1. The molecule has 80 valence electrons. The van der Waals surface area contributed by atoms with Gasteiger partial charge in [-0.1, -0.05) is 0 Å². The number of rotatable bonds is 4. The second kappa shape index (κ2) is 4.99. The highest BCUT2D eigenvalue weighted by Gasteiger charge is 2.19. The van der Waals surface area contributed by atoms with Gasteiger partial charge in [-0.05, 0) is 25.8 Å². The van der Waals surface area contributed by atoms with Crippen LogP contribution >= 0.6 is 0 Å². The highest BCUT2D eigenvalue weighted by molar-refractivity contribution is 5.07. The molecule has 1 aromatic heterocycles. The molecule has 1 saturated heterocycles. The normalized spacial score (nSPS) is 20.3. The molecule has 0 radical (unpaired) electrons. The summed E-state index contributed by atoms with van der Waals surface area (Å²) in [5.74, 6) is 2.67. The lowest BCUT2D eigenvalue weighted by Crippen LogP contribution is -2.16. The summed E-state index contributed by atoms with van der Waals surface area (Å²) in [6.45, 7) is 2.11. The molecule has 0 amide bonds. The number of nitrogens with zero attached hydrogens (tertiary/aromatic N) is 2. The second-order valence-electron chi connectivity index (χ2n) is 3.97. The molecule has 15 heavy (non-hydrogen) atoms. The third kappa shape index (κ3) is 2.40. The van der Waals surface area contributed by atoms with Crippen molar-refractivity contribution in [1.29, 1.82) is 0 Å². The van der Waals surface area contributed by atoms with Crippen molar-refractivity contribution in [3.8, 4) is 12.3 Å². The Balaban J connectivity index is 1.98. The van der Waals surface area contributed by atoms with Gasteiger partial charge in [0.1, 0.15) is 0 Å². The number of aromatic nitrogens is 2. The van der Waals surface area contributed by atoms with Crippen molar-refractivity contribution in [1.82, 2.24) is 14.9 Å². The number of aryl methyl sites for hydroxylation is 1. The van der Waals surface area contributed by atoms with E-state index in [0.29, 0.717) is 6.04 Å². The molecule has 1 aliphatic heterocycles. The van der Waals surface area contributed by atoms with E-state index < -0.39 is 0 Å². The van der Waals surface area contributed by atoms with E-state index in [-0.39, 0.29) is 0 Å². The molecule has 3 nitrogen and oxygen atoms in total. The van der Waals surface area contributed by atoms with Crippen LogP contribution in [0.4, 0.5) is 0 Å². The Bertz CT molecular complexity index is 342. The van der Waals surface area contributed by atoms with Gasteiger partial charge in [0.2, 0.25) is 0 Å². The SMILES string of the molecule is C#CCCCn1cncc1[C@@H]1CCCN1. The van der Waals surface area contributed by atoms with Crippen LogP contribution in [-0.2, 0) is 6.54 Å². The summed E-state index contributed by atoms with van der Waals surface area (Å²) >= 11 is 0. The fraction of sp³-hybridized carbons (Fsp3) is 0.583. The quantitative estimate of drug-likeness (QED) is 0.596. The van der Waals surface area contributed by atoms with Gasteiger partial charge in [0.25, 0.3) is 0 Å². The van der Waals surface area contributed by atoms with Crippen LogP contribution in [0.25, 0.3) is 0 Å². The molecule has 0 unspecified atom stereocenters. The van der Waals surface area contributed by atoms with Crippen LogP contribution < -0.4 is 5.32 Å². The molecule has 0 bridgehead atoms. The van der Waals surface area contributed by atoms with E-state index in [1.807, 2.05) is 12.5 Å². The molecule has 3 heteroatoms. The van der Waals surface area contributed by atoms with E-state index in [1.165, 1.54) is 18.5 Å². The summed E-state index contributed by atoms with van der Waals surface area (Å²) in [5.41, 5.74) is 1.31. The summed E-state index contributed by atoms with van der Waals surface area (Å²) in [6.07, 6.45) is 13.5. The Morgan fingerprint density at radius 3 is 3.33 bits per heavy atom. The number of unbranched alkanes of at least 4 members (excludes halogenated alkanes) is 1. The van der Waals surface area contributed by atoms with Crippen molar-refractivity contribution >= 4 is 0 Å². The topological polar surface area (TPSA) is 29.9 Å². The van der Waals surface area contributed by atoms with Crippen LogP contribution in [-0.4, -0.2) is 16.1 Å². The third-order valence-electron chi connectivity index (χ3n) is 2.88. The molecule has 1 fully saturated rings. The van der Waals surface area contributed by atoms with Crippen LogP contribution in [0.2, 0.25) is 0 Å². The van der Waals surface area contributed by atoms with E-state index in [4.69, 9.17) is 6.42 Å². The van der Waals surface area contributed by atoms with E-state index in [2.05, 4.69) is 20.8 Å². The zero-order valence-corrected chi connectivity index (χ0v) is 8.95. The maximum Gasteiger partial charge on any atom is 0.0948 e. The first-order valence-corrected chi connectivity index (χ1v) is 5.58. The highest BCUT2D eigenvalue weighted by atomic mass is 15.1. The van der Waals surface area contributed by atoms with Crippen LogP contribution in [0.5, 0.6) is 0 Å². The third-order valence-corrected chi connectivity index (χ3v) is 2.88. The fourth-order valence-corrected chi connectivity index (χ4v) is 2.10. The van der Waals surface area contributed by atoms with E-state index >= 15 is 0 Å². The van der Waals surface area contributed by atoms with Crippen LogP contribution in [0.15, 0.2) is 12.5 Å². The Labute approximate surface area is 90.9 Å². The first-order chi connectivity index (χ1) is 7.42. The van der Waals surface area contributed by atoms with Gasteiger partial charge in [0.15, 0.2) is 0 Å². The molecular weight excluding hydrogens is 186 g/mol. The van der Waals surface area contributed by atoms with Crippen molar-refractivity contribution in [2.24, 2.45) is 0 Å². The first kappa shape index (κ1) is 10.3. The van der Waals surface area contributed by atoms with Gasteiger partial charge >= 0.3 is 0 Å². The molecule has 1 aromatic rings. The minimum atomic E-state index is 0.498. The molecule has 2 rings (SSSR count). The van der Waals surface area contributed by atoms with E-state index in [0.717, 1.165) is 25.9 Å². The zero-order chi connectivity index (χ0) is 10.5. The van der Waals surface area contributed by atoms with Gasteiger partial charge in [-0.15, -0.1) is 12.3 Å². The molecule has 2 heterocycles. The van der Waals surface area contributed by atoms with Crippen molar-refractivity contribution < 1.29 is 0 Å². The molecule has 1 N–H and O–H groups in total. The predicted molar refractivity (Wildman–Crippen MR) is 60.3 cm³/mol. The van der Waals surface area contributed by atoms with E-state index in [9.17, 15) is 0 Å². The number of imidazole rings is 1. The van der Waals surface area contributed by atoms with E-state index in [1.54, 1.807) is 0 Å². The lowest BCUT2D eigenvalue weighted by Gasteiger charge is -2.13. The van der Waals surface area contributed by atoms with Crippen molar-refractivity contribution in [3.05, 3.63) is 18.2 Å². The lowest BCUT2D eigenvalue weighted by molar-refractivity contribution is 0.552. The number of hydrogen-bond acceptors (Lipinski definition) is 2. The van der Waals surface area contributed by atoms with Crippen molar-refractivity contribution in [2.75, 3.05) is 6.54 Å². The van der Waals surface area contributed by atoms with Gasteiger partial charge in [-0.2, -0.15) is 0 Å². The van der Waals surface area contributed by atoms with Crippen molar-refractivity contribution in [2.45, 2.75) is 38.3 Å². The summed E-state index contributed by atoms with van der Waals surface area (Å²) < 4.78 is 2.22. The Morgan fingerprint density at radius 1 is 1.67 bits per heavy atom. The van der Waals surface area contributed by atoms with Crippen LogP contribution in [0.1, 0.15) is 37.4 Å². The van der Waals surface area contributed by atoms with Gasteiger partial charge in [-0.25, -0.2) is 4.98 Å². The average Bonchev–Trinajstić information content (AvgIpc) is 2.87. The smallest absolute Gasteiger partial charge is 0.0948 e. The summed E-state index contributed by atoms with van der Waals surface area (Å²) in [6, 6.07) is 0.498. The molecule has 1 atom stereocenters. The standard InChI is InChI=1S/C12H17N3/c1-2-3-4-8-15-10-13-9-12(15)11-6-5-7-14-11/h1,9-11,14H,3-8H2/t11-/m0/s1. The predicted octanol–water partition coefficient (Wildman–Crippen LogP) is 1.72. The highest BCUT2D eigenvalue weighted by Crippen LogP contribution is 2.22. The summed E-state index contributed by atoms with van der Waals surface area (Å²) in [7, 11) is 0. The van der Waals surface area contributed by atoms with Crippen LogP contribution in [0.3, 0.4) is 0 Å². The number of terminal acetylenes is 1. The largest absolute Gasteiger partial charge is 0.333 e. The first-order valence-electron chi connectivity index (χ1n) is 5.58. The summed E-state index contributed by atoms with van der Waals surface area (Å²) in [4.78, 5) is 4.22. The minimum Gasteiger partial charge on any atom is -0.333 e. The van der Waals surface area contributed by atoms with Gasteiger partial charge in [0, 0.05) is 25.2 Å². The molecule has 0 spiro atoms. The minimum absolute atomic E-state index is 0.498. The maximum absolute atomic E-state index is 5.24. The van der Waals surface area contributed by atoms with Gasteiger partial charge in [0.05, 0.1) is 12.0 Å². The molecule has 0 saturated carbocycles. The molecular formula is C12H17N3. The van der Waals surface area contributed by atoms with Gasteiger partial charge in [-0.3, -0.25) is 0 Å². The average molecular weight is 203 g/mol. The Kier molecular flexibility index (Phi) is 3.41. The Hall–Kier alpha value is -1.27. The molecule has 0 aromatic carbocycles. The Morgan fingerprint density at radius 2 is 2.60 bits per heavy atom. The van der Waals surface area contributed by atoms with Crippen LogP contribution in [0, 0.1) is 12.3 Å². The second-order valence-corrected chi connectivity index (χ2v) is 3.97. The van der Waals surface area contributed by atoms with Gasteiger partial charge < -0.3 is 9.88 Å².